The van der Waals surface area contributed by atoms with Crippen molar-refractivity contribution in [1.82, 2.24) is 0 Å². The summed E-state index contributed by atoms with van der Waals surface area (Å²) >= 11 is 0. The molecular weight excluding hydrogens is 194 g/mol. The lowest BCUT2D eigenvalue weighted by Gasteiger charge is -2.04. The highest BCUT2D eigenvalue weighted by Crippen LogP contribution is 2.11. The highest BCUT2D eigenvalue weighted by molar-refractivity contribution is 5.93. The standard InChI is InChI=1S/C11H13NO3/c1-2-4-10(13)12-9-6-3-5-8(7-9)11(14)15/h3,5-7H,2,4H2,1H3,(H,12,13)(H,14,15). The number of nitrogens with one attached hydrogen (secondary N) is 1. The third-order valence-corrected chi connectivity index (χ3v) is 1.87. The first-order valence-electron chi connectivity index (χ1n) is 4.76. The van der Waals surface area contributed by atoms with Gasteiger partial charge in [0, 0.05) is 12.1 Å². The molecule has 1 aromatic carbocycles. The van der Waals surface area contributed by atoms with Gasteiger partial charge in [-0.15, -0.1) is 0 Å². The maximum atomic E-state index is 11.2. The Balaban J connectivity index is 2.73. The van der Waals surface area contributed by atoms with E-state index in [0.717, 1.165) is 6.42 Å². The monoisotopic (exact) mass is 207 g/mol. The van der Waals surface area contributed by atoms with Crippen molar-refractivity contribution in [2.45, 2.75) is 19.8 Å². The van der Waals surface area contributed by atoms with Crippen LogP contribution in [0.3, 0.4) is 0 Å². The van der Waals surface area contributed by atoms with Crippen molar-refractivity contribution in [3.63, 3.8) is 0 Å². The molecule has 0 spiro atoms. The molecule has 0 aromatic heterocycles. The smallest absolute Gasteiger partial charge is 0.335 e. The number of aromatic carboxylic acids is 1. The van der Waals surface area contributed by atoms with Gasteiger partial charge in [-0.25, -0.2) is 4.79 Å². The molecule has 2 N–H and O–H groups in total. The van der Waals surface area contributed by atoms with Crippen molar-refractivity contribution in [1.29, 1.82) is 0 Å². The van der Waals surface area contributed by atoms with Crippen LogP contribution in [0.15, 0.2) is 24.3 Å². The van der Waals surface area contributed by atoms with E-state index >= 15 is 0 Å². The van der Waals surface area contributed by atoms with Gasteiger partial charge in [-0.3, -0.25) is 4.79 Å². The third kappa shape index (κ3) is 3.42. The lowest BCUT2D eigenvalue weighted by Crippen LogP contribution is -2.11. The van der Waals surface area contributed by atoms with Crippen molar-refractivity contribution in [2.24, 2.45) is 0 Å². The Kier molecular flexibility index (Phi) is 3.85. The van der Waals surface area contributed by atoms with E-state index < -0.39 is 5.97 Å². The zero-order valence-electron chi connectivity index (χ0n) is 8.49. The van der Waals surface area contributed by atoms with Crippen LogP contribution in [0.25, 0.3) is 0 Å². The summed E-state index contributed by atoms with van der Waals surface area (Å²) in [4.78, 5) is 21.9. The van der Waals surface area contributed by atoms with Crippen molar-refractivity contribution in [3.05, 3.63) is 29.8 Å². The maximum Gasteiger partial charge on any atom is 0.335 e. The number of carboxylic acids is 1. The van der Waals surface area contributed by atoms with Crippen LogP contribution in [0.2, 0.25) is 0 Å². The van der Waals surface area contributed by atoms with E-state index in [9.17, 15) is 9.59 Å². The van der Waals surface area contributed by atoms with Gasteiger partial charge in [0.05, 0.1) is 5.56 Å². The Morgan fingerprint density at radius 3 is 2.73 bits per heavy atom. The number of hydrogen-bond donors (Lipinski definition) is 2. The molecule has 4 heteroatoms. The van der Waals surface area contributed by atoms with Gasteiger partial charge < -0.3 is 10.4 Å². The topological polar surface area (TPSA) is 66.4 Å². The van der Waals surface area contributed by atoms with Crippen LogP contribution >= 0.6 is 0 Å². The molecule has 1 aromatic rings. The molecule has 0 fully saturated rings. The average molecular weight is 207 g/mol. The molecule has 15 heavy (non-hydrogen) atoms. The van der Waals surface area contributed by atoms with Gasteiger partial charge >= 0.3 is 5.97 Å². The lowest BCUT2D eigenvalue weighted by atomic mass is 10.2. The molecule has 0 unspecified atom stereocenters. The van der Waals surface area contributed by atoms with Crippen LogP contribution in [0.4, 0.5) is 5.69 Å². The zero-order chi connectivity index (χ0) is 11.3. The second-order valence-corrected chi connectivity index (χ2v) is 3.18. The van der Waals surface area contributed by atoms with E-state index in [1.807, 2.05) is 6.92 Å². The van der Waals surface area contributed by atoms with E-state index in [0.29, 0.717) is 12.1 Å². The molecule has 1 amide bonds. The Morgan fingerprint density at radius 1 is 1.40 bits per heavy atom. The van der Waals surface area contributed by atoms with Gasteiger partial charge in [-0.1, -0.05) is 13.0 Å². The maximum absolute atomic E-state index is 11.2. The molecule has 0 aliphatic carbocycles. The zero-order valence-corrected chi connectivity index (χ0v) is 8.49. The fraction of sp³-hybridized carbons (Fsp3) is 0.273. The highest BCUT2D eigenvalue weighted by Gasteiger charge is 2.05. The summed E-state index contributed by atoms with van der Waals surface area (Å²) in [6.07, 6.45) is 1.21. The van der Waals surface area contributed by atoms with E-state index in [4.69, 9.17) is 5.11 Å². The third-order valence-electron chi connectivity index (χ3n) is 1.87. The Labute approximate surface area is 87.9 Å². The molecule has 0 atom stereocenters. The Bertz CT molecular complexity index is 374. The van der Waals surface area contributed by atoms with Crippen molar-refractivity contribution in [2.75, 3.05) is 5.32 Å². The van der Waals surface area contributed by atoms with E-state index in [1.54, 1.807) is 12.1 Å². The summed E-state index contributed by atoms with van der Waals surface area (Å²) in [6.45, 7) is 1.91. The SMILES string of the molecule is CCCC(=O)Nc1cccc(C(=O)O)c1. The lowest BCUT2D eigenvalue weighted by molar-refractivity contribution is -0.116. The van der Waals surface area contributed by atoms with Gasteiger partial charge in [-0.05, 0) is 24.6 Å². The van der Waals surface area contributed by atoms with Crippen molar-refractivity contribution >= 4 is 17.6 Å². The van der Waals surface area contributed by atoms with Gasteiger partial charge in [0.15, 0.2) is 0 Å². The van der Waals surface area contributed by atoms with Crippen LogP contribution in [-0.4, -0.2) is 17.0 Å². The van der Waals surface area contributed by atoms with Gasteiger partial charge in [0.1, 0.15) is 0 Å². The fourth-order valence-corrected chi connectivity index (χ4v) is 1.18. The van der Waals surface area contributed by atoms with Crippen LogP contribution in [-0.2, 0) is 4.79 Å². The number of rotatable bonds is 4. The van der Waals surface area contributed by atoms with Crippen molar-refractivity contribution < 1.29 is 14.7 Å². The first-order chi connectivity index (χ1) is 7.13. The predicted octanol–water partition coefficient (Wildman–Crippen LogP) is 2.12. The molecule has 0 radical (unpaired) electrons. The molecule has 0 saturated carbocycles. The van der Waals surface area contributed by atoms with E-state index in [-0.39, 0.29) is 11.5 Å². The molecule has 1 rings (SSSR count). The van der Waals surface area contributed by atoms with Crippen LogP contribution in [0.5, 0.6) is 0 Å². The molecule has 0 bridgehead atoms. The highest BCUT2D eigenvalue weighted by atomic mass is 16.4. The second-order valence-electron chi connectivity index (χ2n) is 3.18. The summed E-state index contributed by atoms with van der Waals surface area (Å²) < 4.78 is 0. The number of carbonyl (C=O) groups is 2. The number of carbonyl (C=O) groups excluding carboxylic acids is 1. The van der Waals surface area contributed by atoms with Gasteiger partial charge in [-0.2, -0.15) is 0 Å². The van der Waals surface area contributed by atoms with E-state index in [1.165, 1.54) is 12.1 Å². The minimum Gasteiger partial charge on any atom is -0.478 e. The minimum absolute atomic E-state index is 0.0972. The molecule has 0 aliphatic heterocycles. The molecule has 4 nitrogen and oxygen atoms in total. The van der Waals surface area contributed by atoms with Gasteiger partial charge in [0.2, 0.25) is 5.91 Å². The molecule has 80 valence electrons. The average Bonchev–Trinajstić information content (AvgIpc) is 2.18. The molecular formula is C11H13NO3. The fourth-order valence-electron chi connectivity index (χ4n) is 1.18. The van der Waals surface area contributed by atoms with E-state index in [2.05, 4.69) is 5.32 Å². The number of anilines is 1. The van der Waals surface area contributed by atoms with Crippen LogP contribution in [0, 0.1) is 0 Å². The Hall–Kier alpha value is -1.84. The first-order valence-corrected chi connectivity index (χ1v) is 4.76. The number of carboxylic acid groups (broad SMARTS) is 1. The van der Waals surface area contributed by atoms with Crippen LogP contribution in [0.1, 0.15) is 30.1 Å². The second kappa shape index (κ2) is 5.14. The Morgan fingerprint density at radius 2 is 2.13 bits per heavy atom. The summed E-state index contributed by atoms with van der Waals surface area (Å²) in [5, 5.41) is 11.4. The number of hydrogen-bond acceptors (Lipinski definition) is 2. The number of amides is 1. The molecule has 0 saturated heterocycles. The summed E-state index contributed by atoms with van der Waals surface area (Å²) in [5.41, 5.74) is 0.692. The largest absolute Gasteiger partial charge is 0.478 e. The van der Waals surface area contributed by atoms with Gasteiger partial charge in [0.25, 0.3) is 0 Å². The van der Waals surface area contributed by atoms with Crippen molar-refractivity contribution in [3.8, 4) is 0 Å². The molecule has 0 aliphatic rings. The molecule has 0 heterocycles. The minimum atomic E-state index is -0.999. The van der Waals surface area contributed by atoms with Crippen LogP contribution < -0.4 is 5.32 Å². The first kappa shape index (κ1) is 11.2. The normalized spacial score (nSPS) is 9.67. The summed E-state index contributed by atoms with van der Waals surface area (Å²) in [7, 11) is 0. The quantitative estimate of drug-likeness (QED) is 0.794. The summed E-state index contributed by atoms with van der Waals surface area (Å²) in [6, 6.07) is 6.19. The predicted molar refractivity (Wildman–Crippen MR) is 56.9 cm³/mol. The number of benzene rings is 1. The summed E-state index contributed by atoms with van der Waals surface area (Å²) in [5.74, 6) is -1.10.